The standard InChI is InChI=1S/C27H29NO3/c1-5-6-19-20-13-17(7-9-21(20)28-25(19)26(2,3)4)14-24(29)27(11-12-27)18-8-10-22-23(15-18)31-16-30-22/h5,7-10,13,15,28H,1,6,11-12,14,16H2,2-4H3. The van der Waals surface area contributed by atoms with Crippen molar-refractivity contribution in [2.24, 2.45) is 0 Å². The lowest BCUT2D eigenvalue weighted by atomic mass is 9.86. The van der Waals surface area contributed by atoms with Gasteiger partial charge in [0, 0.05) is 28.4 Å². The lowest BCUT2D eigenvalue weighted by molar-refractivity contribution is -0.120. The molecule has 160 valence electrons. The van der Waals surface area contributed by atoms with Crippen molar-refractivity contribution in [3.8, 4) is 11.5 Å². The topological polar surface area (TPSA) is 51.3 Å². The Bertz CT molecular complexity index is 1190. The molecule has 2 aliphatic rings. The van der Waals surface area contributed by atoms with Gasteiger partial charge in [0.2, 0.25) is 6.79 Å². The number of carbonyl (C=O) groups is 1. The zero-order valence-electron chi connectivity index (χ0n) is 18.5. The molecule has 31 heavy (non-hydrogen) atoms. The van der Waals surface area contributed by atoms with Crippen LogP contribution in [0.15, 0.2) is 49.1 Å². The first-order chi connectivity index (χ1) is 14.8. The fourth-order valence-corrected chi connectivity index (χ4v) is 4.80. The van der Waals surface area contributed by atoms with Crippen molar-refractivity contribution in [1.82, 2.24) is 4.98 Å². The minimum atomic E-state index is -0.380. The number of benzene rings is 2. The van der Waals surface area contributed by atoms with Crippen LogP contribution in [0.1, 0.15) is 56.0 Å². The second-order valence-electron chi connectivity index (χ2n) is 9.85. The summed E-state index contributed by atoms with van der Waals surface area (Å²) in [6, 6.07) is 12.3. The van der Waals surface area contributed by atoms with Gasteiger partial charge in [0.1, 0.15) is 5.78 Å². The third-order valence-electron chi connectivity index (χ3n) is 6.64. The van der Waals surface area contributed by atoms with E-state index in [-0.39, 0.29) is 23.4 Å². The van der Waals surface area contributed by atoms with E-state index in [0.29, 0.717) is 6.42 Å². The number of ketones is 1. The van der Waals surface area contributed by atoms with Gasteiger partial charge in [-0.25, -0.2) is 0 Å². The zero-order valence-corrected chi connectivity index (χ0v) is 18.5. The first-order valence-electron chi connectivity index (χ1n) is 11.0. The van der Waals surface area contributed by atoms with Crippen LogP contribution in [0.5, 0.6) is 11.5 Å². The summed E-state index contributed by atoms with van der Waals surface area (Å²) in [7, 11) is 0. The van der Waals surface area contributed by atoms with Crippen LogP contribution < -0.4 is 9.47 Å². The summed E-state index contributed by atoms with van der Waals surface area (Å²) in [5.74, 6) is 1.78. The van der Waals surface area contributed by atoms with Gasteiger partial charge in [-0.05, 0) is 60.2 Å². The normalized spacial score (nSPS) is 16.5. The molecule has 1 aliphatic carbocycles. The average Bonchev–Trinajstić information content (AvgIpc) is 3.27. The zero-order chi connectivity index (χ0) is 21.8. The molecule has 4 heteroatoms. The highest BCUT2D eigenvalue weighted by Crippen LogP contribution is 2.51. The summed E-state index contributed by atoms with van der Waals surface area (Å²) in [6.45, 7) is 10.9. The lowest BCUT2D eigenvalue weighted by Gasteiger charge is -2.19. The van der Waals surface area contributed by atoms with E-state index in [9.17, 15) is 4.79 Å². The van der Waals surface area contributed by atoms with Gasteiger partial charge in [0.15, 0.2) is 11.5 Å². The van der Waals surface area contributed by atoms with Gasteiger partial charge in [-0.15, -0.1) is 6.58 Å². The Balaban J connectivity index is 1.45. The Kier molecular flexibility index (Phi) is 4.51. The van der Waals surface area contributed by atoms with Gasteiger partial charge >= 0.3 is 0 Å². The van der Waals surface area contributed by atoms with Gasteiger partial charge in [0.05, 0.1) is 5.41 Å². The van der Waals surface area contributed by atoms with Crippen molar-refractivity contribution < 1.29 is 14.3 Å². The summed E-state index contributed by atoms with van der Waals surface area (Å²) < 4.78 is 11.0. The molecule has 1 aliphatic heterocycles. The molecule has 0 radical (unpaired) electrons. The Morgan fingerprint density at radius 1 is 1.13 bits per heavy atom. The first-order valence-corrected chi connectivity index (χ1v) is 11.0. The van der Waals surface area contributed by atoms with Crippen molar-refractivity contribution >= 4 is 16.7 Å². The number of aromatic amines is 1. The Labute approximate surface area is 183 Å². The van der Waals surface area contributed by atoms with Crippen LogP contribution in [-0.4, -0.2) is 17.6 Å². The van der Waals surface area contributed by atoms with E-state index in [2.05, 4.69) is 50.5 Å². The number of fused-ring (bicyclic) bond motifs is 2. The van der Waals surface area contributed by atoms with Gasteiger partial charge in [-0.2, -0.15) is 0 Å². The molecule has 1 fully saturated rings. The smallest absolute Gasteiger partial charge is 0.231 e. The third-order valence-corrected chi connectivity index (χ3v) is 6.64. The molecular weight excluding hydrogens is 386 g/mol. The van der Waals surface area contributed by atoms with Gasteiger partial charge in [-0.3, -0.25) is 4.79 Å². The highest BCUT2D eigenvalue weighted by molar-refractivity contribution is 5.96. The Morgan fingerprint density at radius 3 is 2.61 bits per heavy atom. The second-order valence-corrected chi connectivity index (χ2v) is 9.85. The molecule has 4 nitrogen and oxygen atoms in total. The lowest BCUT2D eigenvalue weighted by Crippen LogP contribution is -2.22. The number of aromatic nitrogens is 1. The third kappa shape index (κ3) is 3.34. The molecule has 5 rings (SSSR count). The number of hydrogen-bond acceptors (Lipinski definition) is 3. The van der Waals surface area contributed by atoms with Crippen LogP contribution in [0.3, 0.4) is 0 Å². The minimum absolute atomic E-state index is 0.0186. The molecule has 1 N–H and O–H groups in total. The highest BCUT2D eigenvalue weighted by Gasteiger charge is 2.50. The summed E-state index contributed by atoms with van der Waals surface area (Å²) >= 11 is 0. The number of nitrogens with one attached hydrogen (secondary N) is 1. The number of allylic oxidation sites excluding steroid dienone is 1. The second kappa shape index (κ2) is 7.01. The molecule has 0 unspecified atom stereocenters. The molecule has 1 aromatic heterocycles. The van der Waals surface area contributed by atoms with Crippen LogP contribution in [0.25, 0.3) is 10.9 Å². The van der Waals surface area contributed by atoms with E-state index in [1.165, 1.54) is 16.6 Å². The predicted molar refractivity (Wildman–Crippen MR) is 123 cm³/mol. The van der Waals surface area contributed by atoms with Gasteiger partial charge in [0.25, 0.3) is 0 Å². The Morgan fingerprint density at radius 2 is 1.90 bits per heavy atom. The summed E-state index contributed by atoms with van der Waals surface area (Å²) in [5.41, 5.74) is 5.39. The Hall–Kier alpha value is -3.01. The van der Waals surface area contributed by atoms with Crippen molar-refractivity contribution in [2.45, 2.75) is 57.3 Å². The van der Waals surface area contributed by atoms with Crippen LogP contribution in [0.4, 0.5) is 0 Å². The van der Waals surface area contributed by atoms with E-state index >= 15 is 0 Å². The van der Waals surface area contributed by atoms with E-state index in [4.69, 9.17) is 9.47 Å². The van der Waals surface area contributed by atoms with E-state index < -0.39 is 0 Å². The molecule has 2 aromatic carbocycles. The molecule has 1 saturated carbocycles. The number of hydrogen-bond donors (Lipinski definition) is 1. The number of rotatable bonds is 6. The molecule has 0 bridgehead atoms. The number of H-pyrrole nitrogens is 1. The first kappa shape index (κ1) is 19.9. The predicted octanol–water partition coefficient (Wildman–Crippen LogP) is 5.77. The van der Waals surface area contributed by atoms with Crippen molar-refractivity contribution in [1.29, 1.82) is 0 Å². The van der Waals surface area contributed by atoms with E-state index in [1.807, 2.05) is 24.3 Å². The fourth-order valence-electron chi connectivity index (χ4n) is 4.80. The minimum Gasteiger partial charge on any atom is -0.454 e. The van der Waals surface area contributed by atoms with E-state index in [1.54, 1.807) is 0 Å². The SMILES string of the molecule is C=CCc1c(C(C)(C)C)[nH]c2ccc(CC(=O)C3(c4ccc5c(c4)OCO5)CC3)cc12. The van der Waals surface area contributed by atoms with Crippen LogP contribution in [-0.2, 0) is 28.5 Å². The summed E-state index contributed by atoms with van der Waals surface area (Å²) in [5, 5.41) is 1.20. The highest BCUT2D eigenvalue weighted by atomic mass is 16.7. The number of Topliss-reactive ketones (excluding diaryl/α,β-unsaturated/α-hetero) is 1. The number of carbonyl (C=O) groups excluding carboxylic acids is 1. The molecule has 0 amide bonds. The van der Waals surface area contributed by atoms with Crippen molar-refractivity contribution in [3.05, 3.63) is 71.4 Å². The van der Waals surface area contributed by atoms with Crippen LogP contribution in [0.2, 0.25) is 0 Å². The monoisotopic (exact) mass is 415 g/mol. The van der Waals surface area contributed by atoms with Crippen molar-refractivity contribution in [2.75, 3.05) is 6.79 Å². The van der Waals surface area contributed by atoms with Gasteiger partial charge in [-0.1, -0.05) is 39.0 Å². The van der Waals surface area contributed by atoms with Gasteiger partial charge < -0.3 is 14.5 Å². The maximum atomic E-state index is 13.4. The fraction of sp³-hybridized carbons (Fsp3) is 0.370. The molecule has 0 saturated heterocycles. The average molecular weight is 416 g/mol. The molecule has 0 spiro atoms. The molecule has 3 aromatic rings. The van der Waals surface area contributed by atoms with E-state index in [0.717, 1.165) is 47.4 Å². The number of ether oxygens (including phenoxy) is 2. The summed E-state index contributed by atoms with van der Waals surface area (Å²) in [4.78, 5) is 17.0. The molecular formula is C27H29NO3. The maximum absolute atomic E-state index is 13.4. The van der Waals surface area contributed by atoms with Crippen molar-refractivity contribution in [3.63, 3.8) is 0 Å². The molecule has 2 heterocycles. The summed E-state index contributed by atoms with van der Waals surface area (Å²) in [6.07, 6.45) is 5.00. The van der Waals surface area contributed by atoms with Crippen LogP contribution >= 0.6 is 0 Å². The quantitative estimate of drug-likeness (QED) is 0.520. The maximum Gasteiger partial charge on any atom is 0.231 e. The molecule has 0 atom stereocenters. The van der Waals surface area contributed by atoms with Crippen LogP contribution in [0, 0.1) is 0 Å². The largest absolute Gasteiger partial charge is 0.454 e.